The Hall–Kier alpha value is -0.760. The van der Waals surface area contributed by atoms with Crippen molar-refractivity contribution in [2.45, 2.75) is 51.4 Å². The van der Waals surface area contributed by atoms with Crippen LogP contribution in [0.5, 0.6) is 0 Å². The number of rotatable bonds is 3. The minimum Gasteiger partial charge on any atom is -0.466 e. The summed E-state index contributed by atoms with van der Waals surface area (Å²) in [5, 5.41) is 0. The molecule has 1 heterocycles. The maximum absolute atomic E-state index is 5.90. The first-order valence-electron chi connectivity index (χ1n) is 6.05. The summed E-state index contributed by atoms with van der Waals surface area (Å²) in [7, 11) is 0. The van der Waals surface area contributed by atoms with Gasteiger partial charge in [0, 0.05) is 12.3 Å². The molecule has 1 atom stereocenters. The number of hydrogen-bond acceptors (Lipinski definition) is 2. The van der Waals surface area contributed by atoms with E-state index in [1.54, 1.807) is 0 Å². The van der Waals surface area contributed by atoms with E-state index in [2.05, 4.69) is 19.9 Å². The molecule has 0 radical (unpaired) electrons. The van der Waals surface area contributed by atoms with E-state index in [9.17, 15) is 0 Å². The summed E-state index contributed by atoms with van der Waals surface area (Å²) in [6, 6.07) is 2.26. The van der Waals surface area contributed by atoms with E-state index in [1.165, 1.54) is 24.2 Å². The van der Waals surface area contributed by atoms with Gasteiger partial charge in [-0.25, -0.2) is 0 Å². The molecule has 1 unspecified atom stereocenters. The van der Waals surface area contributed by atoms with Crippen molar-refractivity contribution < 1.29 is 4.42 Å². The quantitative estimate of drug-likeness (QED) is 0.826. The average molecular weight is 207 g/mol. The predicted molar refractivity (Wildman–Crippen MR) is 62.1 cm³/mol. The van der Waals surface area contributed by atoms with Crippen LogP contribution in [0.15, 0.2) is 10.5 Å². The molecule has 1 aromatic rings. The fourth-order valence-electron chi connectivity index (χ4n) is 2.46. The standard InChI is InChI=1S/C13H21NO/c1-9(2)13-8-11-10(6-7-14)4-3-5-12(11)15-13/h8-10H,3-7,14H2,1-2H3. The minimum absolute atomic E-state index is 0.495. The molecule has 1 aliphatic rings. The van der Waals surface area contributed by atoms with Crippen molar-refractivity contribution in [2.24, 2.45) is 5.73 Å². The second kappa shape index (κ2) is 4.40. The van der Waals surface area contributed by atoms with E-state index in [-0.39, 0.29) is 0 Å². The van der Waals surface area contributed by atoms with Crippen LogP contribution >= 0.6 is 0 Å². The van der Waals surface area contributed by atoms with Gasteiger partial charge in [-0.15, -0.1) is 0 Å². The first-order chi connectivity index (χ1) is 7.22. The third kappa shape index (κ3) is 2.10. The average Bonchev–Trinajstić information content (AvgIpc) is 2.63. The summed E-state index contributed by atoms with van der Waals surface area (Å²) < 4.78 is 5.90. The summed E-state index contributed by atoms with van der Waals surface area (Å²) >= 11 is 0. The van der Waals surface area contributed by atoms with E-state index in [0.29, 0.717) is 11.8 Å². The van der Waals surface area contributed by atoms with Crippen LogP contribution < -0.4 is 5.73 Å². The summed E-state index contributed by atoms with van der Waals surface area (Å²) in [6.07, 6.45) is 4.75. The Bertz CT molecular complexity index is 327. The molecule has 0 aromatic carbocycles. The van der Waals surface area contributed by atoms with E-state index >= 15 is 0 Å². The fraction of sp³-hybridized carbons (Fsp3) is 0.692. The molecule has 15 heavy (non-hydrogen) atoms. The highest BCUT2D eigenvalue weighted by Gasteiger charge is 2.24. The lowest BCUT2D eigenvalue weighted by Crippen LogP contribution is -2.12. The molecule has 2 nitrogen and oxygen atoms in total. The van der Waals surface area contributed by atoms with Gasteiger partial charge in [0.2, 0.25) is 0 Å². The van der Waals surface area contributed by atoms with Crippen LogP contribution in [-0.4, -0.2) is 6.54 Å². The van der Waals surface area contributed by atoms with Gasteiger partial charge in [0.05, 0.1) is 0 Å². The molecular weight excluding hydrogens is 186 g/mol. The molecule has 0 spiro atoms. The monoisotopic (exact) mass is 207 g/mol. The Kier molecular flexibility index (Phi) is 3.15. The topological polar surface area (TPSA) is 39.2 Å². The Morgan fingerprint density at radius 1 is 1.53 bits per heavy atom. The Balaban J connectivity index is 2.26. The molecule has 0 saturated heterocycles. The molecule has 2 heteroatoms. The minimum atomic E-state index is 0.495. The van der Waals surface area contributed by atoms with Gasteiger partial charge in [-0.1, -0.05) is 13.8 Å². The molecule has 2 N–H and O–H groups in total. The maximum Gasteiger partial charge on any atom is 0.107 e. The second-order valence-electron chi connectivity index (χ2n) is 4.85. The van der Waals surface area contributed by atoms with Crippen LogP contribution in [0.25, 0.3) is 0 Å². The van der Waals surface area contributed by atoms with Gasteiger partial charge in [0.15, 0.2) is 0 Å². The zero-order valence-electron chi connectivity index (χ0n) is 9.75. The summed E-state index contributed by atoms with van der Waals surface area (Å²) in [5.41, 5.74) is 7.09. The summed E-state index contributed by atoms with van der Waals surface area (Å²) in [4.78, 5) is 0. The Labute approximate surface area is 91.8 Å². The Morgan fingerprint density at radius 3 is 3.00 bits per heavy atom. The SMILES string of the molecule is CC(C)c1cc2c(o1)CCCC2CCN. The van der Waals surface area contributed by atoms with Crippen LogP contribution in [-0.2, 0) is 6.42 Å². The van der Waals surface area contributed by atoms with Crippen molar-refractivity contribution in [3.05, 3.63) is 23.2 Å². The predicted octanol–water partition coefficient (Wildman–Crippen LogP) is 3.17. The molecule has 2 rings (SSSR count). The number of nitrogens with two attached hydrogens (primary N) is 1. The van der Waals surface area contributed by atoms with Crippen LogP contribution in [0.1, 0.15) is 62.0 Å². The van der Waals surface area contributed by atoms with Crippen molar-refractivity contribution in [3.63, 3.8) is 0 Å². The second-order valence-corrected chi connectivity index (χ2v) is 4.85. The lowest BCUT2D eigenvalue weighted by molar-refractivity contribution is 0.411. The van der Waals surface area contributed by atoms with Crippen LogP contribution in [0.2, 0.25) is 0 Å². The normalized spacial score (nSPS) is 20.7. The van der Waals surface area contributed by atoms with Gasteiger partial charge in [-0.2, -0.15) is 0 Å². The van der Waals surface area contributed by atoms with E-state index in [4.69, 9.17) is 10.2 Å². The van der Waals surface area contributed by atoms with Gasteiger partial charge in [0.1, 0.15) is 11.5 Å². The van der Waals surface area contributed by atoms with Gasteiger partial charge in [-0.3, -0.25) is 0 Å². The summed E-state index contributed by atoms with van der Waals surface area (Å²) in [5.74, 6) is 3.51. The van der Waals surface area contributed by atoms with Crippen molar-refractivity contribution in [2.75, 3.05) is 6.54 Å². The van der Waals surface area contributed by atoms with Crippen molar-refractivity contribution in [1.82, 2.24) is 0 Å². The molecule has 0 bridgehead atoms. The first-order valence-corrected chi connectivity index (χ1v) is 6.05. The van der Waals surface area contributed by atoms with Crippen LogP contribution in [0, 0.1) is 0 Å². The van der Waals surface area contributed by atoms with Crippen LogP contribution in [0.3, 0.4) is 0 Å². The smallest absolute Gasteiger partial charge is 0.107 e. The highest BCUT2D eigenvalue weighted by molar-refractivity contribution is 5.29. The fourth-order valence-corrected chi connectivity index (χ4v) is 2.46. The lowest BCUT2D eigenvalue weighted by Gasteiger charge is -2.20. The highest BCUT2D eigenvalue weighted by Crippen LogP contribution is 2.37. The largest absolute Gasteiger partial charge is 0.466 e. The molecular formula is C13H21NO. The zero-order valence-corrected chi connectivity index (χ0v) is 9.75. The van der Waals surface area contributed by atoms with Gasteiger partial charge in [0.25, 0.3) is 0 Å². The molecule has 1 aliphatic carbocycles. The molecule has 0 amide bonds. The van der Waals surface area contributed by atoms with Crippen molar-refractivity contribution in [1.29, 1.82) is 0 Å². The molecule has 84 valence electrons. The molecule has 0 saturated carbocycles. The zero-order chi connectivity index (χ0) is 10.8. The highest BCUT2D eigenvalue weighted by atomic mass is 16.3. The summed E-state index contributed by atoms with van der Waals surface area (Å²) in [6.45, 7) is 5.15. The number of fused-ring (bicyclic) bond motifs is 1. The van der Waals surface area contributed by atoms with Crippen molar-refractivity contribution >= 4 is 0 Å². The van der Waals surface area contributed by atoms with Gasteiger partial charge < -0.3 is 10.2 Å². The molecule has 1 aromatic heterocycles. The molecule has 0 aliphatic heterocycles. The third-order valence-electron chi connectivity index (χ3n) is 3.34. The number of hydrogen-bond donors (Lipinski definition) is 1. The van der Waals surface area contributed by atoms with E-state index in [0.717, 1.165) is 25.1 Å². The van der Waals surface area contributed by atoms with Crippen LogP contribution in [0.4, 0.5) is 0 Å². The van der Waals surface area contributed by atoms with E-state index in [1.807, 2.05) is 0 Å². The Morgan fingerprint density at radius 2 is 2.33 bits per heavy atom. The molecule has 0 fully saturated rings. The van der Waals surface area contributed by atoms with Gasteiger partial charge in [-0.05, 0) is 43.4 Å². The van der Waals surface area contributed by atoms with Crippen molar-refractivity contribution in [3.8, 4) is 0 Å². The number of furan rings is 1. The van der Waals surface area contributed by atoms with Gasteiger partial charge >= 0.3 is 0 Å². The van der Waals surface area contributed by atoms with E-state index < -0.39 is 0 Å². The lowest BCUT2D eigenvalue weighted by atomic mass is 9.85. The third-order valence-corrected chi connectivity index (χ3v) is 3.34. The maximum atomic E-state index is 5.90. The first kappa shape index (κ1) is 10.7. The number of aryl methyl sites for hydroxylation is 1.